The van der Waals surface area contributed by atoms with E-state index in [0.717, 1.165) is 82.9 Å². The lowest BCUT2D eigenvalue weighted by molar-refractivity contribution is -0.0296. The first-order valence-electron chi connectivity index (χ1n) is 13.0. The molecular formula is C29H43NO3. The largest absolute Gasteiger partial charge is 0.494 e. The summed E-state index contributed by atoms with van der Waals surface area (Å²) in [5, 5.41) is 12.4. The molecule has 182 valence electrons. The average Bonchev–Trinajstić information content (AvgIpc) is 2.87. The van der Waals surface area contributed by atoms with Crippen LogP contribution in [0, 0.1) is 0 Å². The van der Waals surface area contributed by atoms with Gasteiger partial charge in [-0.15, -0.1) is 0 Å². The van der Waals surface area contributed by atoms with Crippen LogP contribution in [0.15, 0.2) is 54.6 Å². The molecule has 1 saturated heterocycles. The minimum absolute atomic E-state index is 0.00899. The average molecular weight is 454 g/mol. The second kappa shape index (κ2) is 13.7. The smallest absolute Gasteiger partial charge is 0.119 e. The van der Waals surface area contributed by atoms with E-state index < -0.39 is 5.60 Å². The zero-order valence-corrected chi connectivity index (χ0v) is 20.7. The minimum Gasteiger partial charge on any atom is -0.494 e. The zero-order valence-electron chi connectivity index (χ0n) is 20.7. The van der Waals surface area contributed by atoms with E-state index in [1.807, 2.05) is 12.1 Å². The molecule has 4 heteroatoms. The van der Waals surface area contributed by atoms with E-state index in [4.69, 9.17) is 9.47 Å². The number of unbranched alkanes of at least 4 members (excludes halogenated alkanes) is 4. The van der Waals surface area contributed by atoms with Crippen LogP contribution in [-0.2, 0) is 10.3 Å². The van der Waals surface area contributed by atoms with Gasteiger partial charge in [0.2, 0.25) is 0 Å². The Balaban J connectivity index is 1.90. The number of morpholine rings is 1. The van der Waals surface area contributed by atoms with Crippen LogP contribution in [-0.4, -0.2) is 49.5 Å². The van der Waals surface area contributed by atoms with Crippen LogP contribution in [0.4, 0.5) is 0 Å². The first-order valence-corrected chi connectivity index (χ1v) is 13.0. The number of ether oxygens (including phenoxy) is 2. The summed E-state index contributed by atoms with van der Waals surface area (Å²) in [6, 6.07) is 18.8. The van der Waals surface area contributed by atoms with Crippen molar-refractivity contribution < 1.29 is 14.6 Å². The van der Waals surface area contributed by atoms with Gasteiger partial charge in [-0.3, -0.25) is 4.90 Å². The molecule has 0 spiro atoms. The molecule has 1 aliphatic heterocycles. The summed E-state index contributed by atoms with van der Waals surface area (Å²) >= 11 is 0. The number of hydrogen-bond donors (Lipinski definition) is 1. The van der Waals surface area contributed by atoms with Crippen molar-refractivity contribution in [2.45, 2.75) is 70.3 Å². The second-order valence-corrected chi connectivity index (χ2v) is 9.34. The van der Waals surface area contributed by atoms with Crippen molar-refractivity contribution in [3.05, 3.63) is 65.7 Å². The normalized spacial score (nSPS) is 17.4. The molecular weight excluding hydrogens is 410 g/mol. The molecule has 0 amide bonds. The Morgan fingerprint density at radius 2 is 1.61 bits per heavy atom. The van der Waals surface area contributed by atoms with Gasteiger partial charge in [-0.25, -0.2) is 0 Å². The molecule has 0 aliphatic carbocycles. The lowest BCUT2D eigenvalue weighted by Gasteiger charge is -2.41. The molecule has 1 aliphatic rings. The highest BCUT2D eigenvalue weighted by Gasteiger charge is 2.40. The highest BCUT2D eigenvalue weighted by atomic mass is 16.5. The Morgan fingerprint density at radius 3 is 2.27 bits per heavy atom. The lowest BCUT2D eigenvalue weighted by Crippen LogP contribution is -2.45. The van der Waals surface area contributed by atoms with Gasteiger partial charge in [0.15, 0.2) is 0 Å². The Bertz CT molecular complexity index is 773. The van der Waals surface area contributed by atoms with Crippen molar-refractivity contribution in [3.8, 4) is 5.75 Å². The number of benzene rings is 2. The molecule has 2 atom stereocenters. The van der Waals surface area contributed by atoms with Crippen molar-refractivity contribution in [2.24, 2.45) is 0 Å². The Morgan fingerprint density at radius 1 is 0.909 bits per heavy atom. The van der Waals surface area contributed by atoms with Crippen LogP contribution < -0.4 is 4.74 Å². The molecule has 2 aromatic carbocycles. The quantitative estimate of drug-likeness (QED) is 0.349. The summed E-state index contributed by atoms with van der Waals surface area (Å²) in [5.41, 5.74) is 1.25. The van der Waals surface area contributed by atoms with E-state index in [2.05, 4.69) is 61.2 Å². The van der Waals surface area contributed by atoms with Crippen LogP contribution in [0.3, 0.4) is 0 Å². The van der Waals surface area contributed by atoms with Crippen molar-refractivity contribution >= 4 is 0 Å². The number of hydrogen-bond acceptors (Lipinski definition) is 4. The molecule has 0 unspecified atom stereocenters. The van der Waals surface area contributed by atoms with E-state index in [9.17, 15) is 5.11 Å². The molecule has 1 heterocycles. The van der Waals surface area contributed by atoms with Crippen molar-refractivity contribution in [3.63, 3.8) is 0 Å². The summed E-state index contributed by atoms with van der Waals surface area (Å²) in [6.07, 6.45) is 7.50. The maximum Gasteiger partial charge on any atom is 0.119 e. The van der Waals surface area contributed by atoms with Crippen LogP contribution in [0.2, 0.25) is 0 Å². The summed E-state index contributed by atoms with van der Waals surface area (Å²) in [7, 11) is 0. The Kier molecular flexibility index (Phi) is 10.7. The molecule has 0 saturated carbocycles. The maximum absolute atomic E-state index is 12.4. The van der Waals surface area contributed by atoms with Crippen molar-refractivity contribution in [1.82, 2.24) is 4.90 Å². The molecule has 1 N–H and O–H groups in total. The summed E-state index contributed by atoms with van der Waals surface area (Å²) < 4.78 is 11.5. The maximum atomic E-state index is 12.4. The van der Waals surface area contributed by atoms with Crippen molar-refractivity contribution in [2.75, 3.05) is 39.5 Å². The standard InChI is InChI=1S/C29H43NO3/c1-3-5-7-11-18-29(31,26-14-16-27(17-15-26)33-21-6-4-2)28(25-12-9-8-10-13-25)24-30-19-22-32-23-20-30/h8-10,12-17,28,31H,3-7,11,18-24H2,1-2H3/t28-,29+/m0/s1. The van der Waals surface area contributed by atoms with Gasteiger partial charge in [-0.1, -0.05) is 88.4 Å². The highest BCUT2D eigenvalue weighted by Crippen LogP contribution is 2.42. The topological polar surface area (TPSA) is 41.9 Å². The molecule has 0 bridgehead atoms. The highest BCUT2D eigenvalue weighted by molar-refractivity contribution is 5.35. The van der Waals surface area contributed by atoms with Gasteiger partial charge in [-0.2, -0.15) is 0 Å². The fourth-order valence-electron chi connectivity index (χ4n) is 4.77. The fourth-order valence-corrected chi connectivity index (χ4v) is 4.77. The molecule has 4 nitrogen and oxygen atoms in total. The summed E-state index contributed by atoms with van der Waals surface area (Å²) in [4.78, 5) is 2.44. The predicted octanol–water partition coefficient (Wildman–Crippen LogP) is 6.14. The van der Waals surface area contributed by atoms with E-state index in [1.54, 1.807) is 0 Å². The molecule has 33 heavy (non-hydrogen) atoms. The third kappa shape index (κ3) is 7.56. The third-order valence-corrected chi connectivity index (χ3v) is 6.86. The van der Waals surface area contributed by atoms with Gasteiger partial charge in [0, 0.05) is 25.6 Å². The summed E-state index contributed by atoms with van der Waals surface area (Å²) in [5.74, 6) is 0.871. The predicted molar refractivity (Wildman–Crippen MR) is 136 cm³/mol. The van der Waals surface area contributed by atoms with E-state index in [1.165, 1.54) is 18.4 Å². The first-order chi connectivity index (χ1) is 16.2. The monoisotopic (exact) mass is 453 g/mol. The lowest BCUT2D eigenvalue weighted by atomic mass is 9.74. The van der Waals surface area contributed by atoms with Gasteiger partial charge in [0.05, 0.1) is 25.4 Å². The van der Waals surface area contributed by atoms with E-state index in [0.29, 0.717) is 0 Å². The molecule has 0 aromatic heterocycles. The van der Waals surface area contributed by atoms with Gasteiger partial charge in [0.1, 0.15) is 5.75 Å². The third-order valence-electron chi connectivity index (χ3n) is 6.86. The van der Waals surface area contributed by atoms with E-state index >= 15 is 0 Å². The fraction of sp³-hybridized carbons (Fsp3) is 0.586. The van der Waals surface area contributed by atoms with Gasteiger partial charge in [-0.05, 0) is 36.1 Å². The van der Waals surface area contributed by atoms with Crippen LogP contribution in [0.1, 0.15) is 75.8 Å². The SMILES string of the molecule is CCCCCC[C@@](O)(c1ccc(OCCCC)cc1)[C@@H](CN1CCOCC1)c1ccccc1. The van der Waals surface area contributed by atoms with Gasteiger partial charge in [0.25, 0.3) is 0 Å². The van der Waals surface area contributed by atoms with Crippen LogP contribution in [0.5, 0.6) is 5.75 Å². The number of rotatable bonds is 14. The number of aliphatic hydroxyl groups is 1. The zero-order chi connectivity index (χ0) is 23.4. The molecule has 2 aromatic rings. The van der Waals surface area contributed by atoms with E-state index in [-0.39, 0.29) is 5.92 Å². The molecule has 3 rings (SSSR count). The van der Waals surface area contributed by atoms with Gasteiger partial charge >= 0.3 is 0 Å². The minimum atomic E-state index is -0.935. The second-order valence-electron chi connectivity index (χ2n) is 9.34. The van der Waals surface area contributed by atoms with Crippen LogP contribution in [0.25, 0.3) is 0 Å². The summed E-state index contributed by atoms with van der Waals surface area (Å²) in [6.45, 7) is 9.32. The number of nitrogens with zero attached hydrogens (tertiary/aromatic N) is 1. The van der Waals surface area contributed by atoms with Gasteiger partial charge < -0.3 is 14.6 Å². The first kappa shape index (κ1) is 25.7. The molecule has 0 radical (unpaired) electrons. The Hall–Kier alpha value is -1.88. The molecule has 1 fully saturated rings. The Labute approximate surface area is 200 Å². The van der Waals surface area contributed by atoms with Crippen molar-refractivity contribution in [1.29, 1.82) is 0 Å². The van der Waals surface area contributed by atoms with Crippen LogP contribution >= 0.6 is 0 Å².